The summed E-state index contributed by atoms with van der Waals surface area (Å²) in [5, 5.41) is 3.48. The Morgan fingerprint density at radius 3 is 2.11 bits per heavy atom. The van der Waals surface area contributed by atoms with Crippen molar-refractivity contribution in [3.05, 3.63) is 22.8 Å². The number of hydrogen-bond acceptors (Lipinski definition) is 4. The van der Waals surface area contributed by atoms with Crippen molar-refractivity contribution in [1.29, 1.82) is 0 Å². The first-order valence-corrected chi connectivity index (χ1v) is 6.40. The predicted octanol–water partition coefficient (Wildman–Crippen LogP) is 2.17. The number of nitrogens with one attached hydrogen (secondary N) is 1. The summed E-state index contributed by atoms with van der Waals surface area (Å²) in [7, 11) is 1.66. The highest BCUT2D eigenvalue weighted by atomic mass is 16.5. The molecule has 102 valence electrons. The summed E-state index contributed by atoms with van der Waals surface area (Å²) < 4.78 is 5.07. The SMILES string of the molecule is COCc1nc(C)c(CCNC(C)(C)C)c(C)n1. The van der Waals surface area contributed by atoms with Gasteiger partial charge in [-0.2, -0.15) is 0 Å². The van der Waals surface area contributed by atoms with E-state index in [1.54, 1.807) is 7.11 Å². The molecule has 0 fully saturated rings. The number of ether oxygens (including phenoxy) is 1. The van der Waals surface area contributed by atoms with Crippen molar-refractivity contribution >= 4 is 0 Å². The average molecular weight is 251 g/mol. The van der Waals surface area contributed by atoms with Gasteiger partial charge in [0.25, 0.3) is 0 Å². The van der Waals surface area contributed by atoms with Crippen molar-refractivity contribution in [2.75, 3.05) is 13.7 Å². The molecule has 1 rings (SSSR count). The summed E-state index contributed by atoms with van der Waals surface area (Å²) in [6.45, 7) is 12.0. The number of methoxy groups -OCH3 is 1. The minimum absolute atomic E-state index is 0.151. The molecule has 0 spiro atoms. The van der Waals surface area contributed by atoms with Gasteiger partial charge in [0, 0.05) is 24.0 Å². The Hall–Kier alpha value is -1.00. The largest absolute Gasteiger partial charge is 0.377 e. The lowest BCUT2D eigenvalue weighted by atomic mass is 10.1. The Morgan fingerprint density at radius 2 is 1.67 bits per heavy atom. The second-order valence-electron chi connectivity index (χ2n) is 5.65. The van der Waals surface area contributed by atoms with E-state index in [0.29, 0.717) is 6.61 Å². The molecule has 0 aliphatic heterocycles. The monoisotopic (exact) mass is 251 g/mol. The van der Waals surface area contributed by atoms with E-state index >= 15 is 0 Å². The summed E-state index contributed by atoms with van der Waals surface area (Å²) in [6.07, 6.45) is 0.961. The normalized spacial score (nSPS) is 11.9. The molecule has 0 radical (unpaired) electrons. The molecule has 0 aliphatic carbocycles. The zero-order valence-corrected chi connectivity index (χ0v) is 12.4. The number of aryl methyl sites for hydroxylation is 2. The standard InChI is InChI=1S/C14H25N3O/c1-10-12(7-8-15-14(3,4)5)11(2)17-13(16-10)9-18-6/h15H,7-9H2,1-6H3. The molecule has 0 amide bonds. The van der Waals surface area contributed by atoms with Crippen molar-refractivity contribution < 1.29 is 4.74 Å². The molecule has 1 aromatic heterocycles. The van der Waals surface area contributed by atoms with Crippen LogP contribution in [0.25, 0.3) is 0 Å². The van der Waals surface area contributed by atoms with E-state index in [0.717, 1.165) is 30.2 Å². The van der Waals surface area contributed by atoms with Crippen LogP contribution >= 0.6 is 0 Å². The minimum atomic E-state index is 0.151. The van der Waals surface area contributed by atoms with E-state index < -0.39 is 0 Å². The maximum absolute atomic E-state index is 5.07. The van der Waals surface area contributed by atoms with Crippen molar-refractivity contribution in [1.82, 2.24) is 15.3 Å². The second kappa shape index (κ2) is 6.25. The molecule has 4 heteroatoms. The molecule has 4 nitrogen and oxygen atoms in total. The third-order valence-electron chi connectivity index (χ3n) is 2.77. The summed E-state index contributed by atoms with van der Waals surface area (Å²) in [5.74, 6) is 0.764. The smallest absolute Gasteiger partial charge is 0.154 e. The maximum atomic E-state index is 5.07. The fourth-order valence-electron chi connectivity index (χ4n) is 1.93. The second-order valence-corrected chi connectivity index (χ2v) is 5.65. The molecular weight excluding hydrogens is 226 g/mol. The van der Waals surface area contributed by atoms with Gasteiger partial charge in [-0.25, -0.2) is 9.97 Å². The molecule has 0 saturated heterocycles. The van der Waals surface area contributed by atoms with E-state index in [-0.39, 0.29) is 5.54 Å². The van der Waals surface area contributed by atoms with Crippen molar-refractivity contribution in [2.24, 2.45) is 0 Å². The van der Waals surface area contributed by atoms with E-state index in [9.17, 15) is 0 Å². The van der Waals surface area contributed by atoms with Crippen LogP contribution in [-0.2, 0) is 17.8 Å². The van der Waals surface area contributed by atoms with Gasteiger partial charge in [-0.3, -0.25) is 0 Å². The predicted molar refractivity (Wildman–Crippen MR) is 73.7 cm³/mol. The number of aromatic nitrogens is 2. The summed E-state index contributed by atoms with van der Waals surface area (Å²) in [6, 6.07) is 0. The molecule has 0 unspecified atom stereocenters. The Bertz CT molecular complexity index is 374. The Labute approximate surface area is 110 Å². The fourth-order valence-corrected chi connectivity index (χ4v) is 1.93. The maximum Gasteiger partial charge on any atom is 0.154 e. The van der Waals surface area contributed by atoms with Crippen LogP contribution in [0.5, 0.6) is 0 Å². The van der Waals surface area contributed by atoms with Crippen LogP contribution in [0, 0.1) is 13.8 Å². The van der Waals surface area contributed by atoms with Gasteiger partial charge in [0.15, 0.2) is 5.82 Å². The molecule has 1 heterocycles. The molecule has 0 aliphatic rings. The Morgan fingerprint density at radius 1 is 1.11 bits per heavy atom. The Balaban J connectivity index is 2.71. The number of hydrogen-bond donors (Lipinski definition) is 1. The summed E-state index contributed by atoms with van der Waals surface area (Å²) in [5.41, 5.74) is 3.51. The van der Waals surface area contributed by atoms with Crippen LogP contribution in [0.2, 0.25) is 0 Å². The van der Waals surface area contributed by atoms with Crippen LogP contribution in [0.1, 0.15) is 43.5 Å². The van der Waals surface area contributed by atoms with E-state index in [1.807, 2.05) is 13.8 Å². The van der Waals surface area contributed by atoms with Crippen LogP contribution < -0.4 is 5.32 Å². The van der Waals surface area contributed by atoms with E-state index in [1.165, 1.54) is 5.56 Å². The fraction of sp³-hybridized carbons (Fsp3) is 0.714. The topological polar surface area (TPSA) is 47.0 Å². The number of nitrogens with zero attached hydrogens (tertiary/aromatic N) is 2. The molecule has 0 bridgehead atoms. The van der Waals surface area contributed by atoms with Gasteiger partial charge in [-0.05, 0) is 53.1 Å². The van der Waals surface area contributed by atoms with Gasteiger partial charge >= 0.3 is 0 Å². The van der Waals surface area contributed by atoms with Crippen LogP contribution in [0.3, 0.4) is 0 Å². The first-order chi connectivity index (χ1) is 8.33. The highest BCUT2D eigenvalue weighted by molar-refractivity contribution is 5.24. The summed E-state index contributed by atoms with van der Waals surface area (Å²) >= 11 is 0. The van der Waals surface area contributed by atoms with Gasteiger partial charge < -0.3 is 10.1 Å². The third kappa shape index (κ3) is 4.70. The highest BCUT2D eigenvalue weighted by Gasteiger charge is 2.11. The quantitative estimate of drug-likeness (QED) is 0.871. The van der Waals surface area contributed by atoms with Crippen LogP contribution in [0.4, 0.5) is 0 Å². The molecule has 1 N–H and O–H groups in total. The lowest BCUT2D eigenvalue weighted by Gasteiger charge is -2.21. The lowest BCUT2D eigenvalue weighted by molar-refractivity contribution is 0.177. The molecule has 0 saturated carbocycles. The molecule has 1 aromatic rings. The Kier molecular flexibility index (Phi) is 5.23. The van der Waals surface area contributed by atoms with Crippen molar-refractivity contribution in [3.8, 4) is 0 Å². The van der Waals surface area contributed by atoms with Gasteiger partial charge in [0.2, 0.25) is 0 Å². The first-order valence-electron chi connectivity index (χ1n) is 6.40. The van der Waals surface area contributed by atoms with Gasteiger partial charge in [-0.15, -0.1) is 0 Å². The summed E-state index contributed by atoms with van der Waals surface area (Å²) in [4.78, 5) is 8.95. The molecule has 18 heavy (non-hydrogen) atoms. The van der Waals surface area contributed by atoms with Gasteiger partial charge in [-0.1, -0.05) is 0 Å². The number of rotatable bonds is 5. The first kappa shape index (κ1) is 15.1. The van der Waals surface area contributed by atoms with Crippen molar-refractivity contribution in [3.63, 3.8) is 0 Å². The van der Waals surface area contributed by atoms with E-state index in [4.69, 9.17) is 4.74 Å². The van der Waals surface area contributed by atoms with Gasteiger partial charge in [0.05, 0.1) is 0 Å². The lowest BCUT2D eigenvalue weighted by Crippen LogP contribution is -2.37. The van der Waals surface area contributed by atoms with Crippen molar-refractivity contribution in [2.45, 2.75) is 53.2 Å². The molecule has 0 atom stereocenters. The zero-order chi connectivity index (χ0) is 13.8. The average Bonchev–Trinajstić information content (AvgIpc) is 2.21. The van der Waals surface area contributed by atoms with Crippen LogP contribution in [0.15, 0.2) is 0 Å². The van der Waals surface area contributed by atoms with Crippen LogP contribution in [-0.4, -0.2) is 29.2 Å². The third-order valence-corrected chi connectivity index (χ3v) is 2.77. The highest BCUT2D eigenvalue weighted by Crippen LogP contribution is 2.11. The molecule has 0 aromatic carbocycles. The minimum Gasteiger partial charge on any atom is -0.377 e. The molecular formula is C14H25N3O. The van der Waals surface area contributed by atoms with Gasteiger partial charge in [0.1, 0.15) is 6.61 Å². The zero-order valence-electron chi connectivity index (χ0n) is 12.4. The van der Waals surface area contributed by atoms with E-state index in [2.05, 4.69) is 36.1 Å².